The number of fused-ring (bicyclic) bond motifs is 1. The minimum atomic E-state index is 0.133. The van der Waals surface area contributed by atoms with Crippen LogP contribution in [0, 0.1) is 0 Å². The molecule has 3 rings (SSSR count). The zero-order chi connectivity index (χ0) is 13.1. The largest absolute Gasteiger partial charge is 0.375 e. The number of aromatic nitrogens is 1. The van der Waals surface area contributed by atoms with Crippen LogP contribution < -0.4 is 11.3 Å². The molecule has 3 N–H and O–H groups in total. The minimum Gasteiger partial charge on any atom is -0.375 e. The molecular formula is C13H17N3OS2. The highest BCUT2D eigenvalue weighted by molar-refractivity contribution is 7.99. The number of hydrogen-bond acceptors (Lipinski definition) is 6. The van der Waals surface area contributed by atoms with Gasteiger partial charge in [-0.2, -0.15) is 11.8 Å². The summed E-state index contributed by atoms with van der Waals surface area (Å²) < 4.78 is 7.02. The Bertz CT molecular complexity index is 506. The maximum atomic E-state index is 5.79. The average molecular weight is 295 g/mol. The van der Waals surface area contributed by atoms with Gasteiger partial charge in [-0.25, -0.2) is 4.98 Å². The van der Waals surface area contributed by atoms with Gasteiger partial charge in [0, 0.05) is 17.9 Å². The van der Waals surface area contributed by atoms with E-state index in [1.165, 1.54) is 4.70 Å². The number of nitrogens with zero attached hydrogens (tertiary/aromatic N) is 1. The summed E-state index contributed by atoms with van der Waals surface area (Å²) in [5.41, 5.74) is 3.96. The first kappa shape index (κ1) is 13.3. The number of ether oxygens (including phenoxy) is 1. The molecule has 19 heavy (non-hydrogen) atoms. The third-order valence-electron chi connectivity index (χ3n) is 3.24. The molecule has 6 heteroatoms. The molecule has 0 amide bonds. The molecule has 0 spiro atoms. The van der Waals surface area contributed by atoms with Gasteiger partial charge in [-0.1, -0.05) is 12.1 Å². The molecule has 0 radical (unpaired) electrons. The Morgan fingerprint density at radius 2 is 2.37 bits per heavy atom. The molecule has 1 fully saturated rings. The van der Waals surface area contributed by atoms with Crippen LogP contribution in [0.15, 0.2) is 24.3 Å². The molecular weight excluding hydrogens is 278 g/mol. The Kier molecular flexibility index (Phi) is 4.35. The normalized spacial score (nSPS) is 21.6. The van der Waals surface area contributed by atoms with Gasteiger partial charge in [0.2, 0.25) is 0 Å². The van der Waals surface area contributed by atoms with E-state index in [0.717, 1.165) is 35.1 Å². The van der Waals surface area contributed by atoms with Crippen molar-refractivity contribution in [2.45, 2.75) is 18.6 Å². The molecule has 1 saturated heterocycles. The third-order valence-corrected chi connectivity index (χ3v) is 5.32. The van der Waals surface area contributed by atoms with E-state index in [4.69, 9.17) is 10.6 Å². The summed E-state index contributed by atoms with van der Waals surface area (Å²) in [5, 5.41) is 1.11. The van der Waals surface area contributed by atoms with Crippen molar-refractivity contribution in [1.82, 2.24) is 10.4 Å². The zero-order valence-corrected chi connectivity index (χ0v) is 12.2. The molecule has 2 unspecified atom stereocenters. The van der Waals surface area contributed by atoms with Crippen molar-refractivity contribution in [3.05, 3.63) is 29.3 Å². The Hall–Kier alpha value is -0.660. The van der Waals surface area contributed by atoms with Crippen LogP contribution in [0.2, 0.25) is 0 Å². The van der Waals surface area contributed by atoms with Gasteiger partial charge in [-0.15, -0.1) is 11.3 Å². The molecule has 0 bridgehead atoms. The molecule has 2 atom stereocenters. The Morgan fingerprint density at radius 1 is 1.47 bits per heavy atom. The van der Waals surface area contributed by atoms with Crippen LogP contribution in [-0.2, 0) is 11.2 Å². The van der Waals surface area contributed by atoms with Gasteiger partial charge in [0.25, 0.3) is 0 Å². The first-order valence-electron chi connectivity index (χ1n) is 6.37. The molecule has 4 nitrogen and oxygen atoms in total. The maximum Gasteiger partial charge on any atom is 0.0955 e. The van der Waals surface area contributed by atoms with Crippen molar-refractivity contribution in [1.29, 1.82) is 0 Å². The van der Waals surface area contributed by atoms with Gasteiger partial charge >= 0.3 is 0 Å². The van der Waals surface area contributed by atoms with E-state index in [9.17, 15) is 0 Å². The lowest BCUT2D eigenvalue weighted by Gasteiger charge is -2.29. The van der Waals surface area contributed by atoms with Gasteiger partial charge in [0.15, 0.2) is 0 Å². The molecule has 0 saturated carbocycles. The highest BCUT2D eigenvalue weighted by atomic mass is 32.2. The van der Waals surface area contributed by atoms with Gasteiger partial charge in [0.1, 0.15) is 0 Å². The van der Waals surface area contributed by atoms with E-state index in [2.05, 4.69) is 16.5 Å². The van der Waals surface area contributed by atoms with Crippen molar-refractivity contribution in [2.75, 3.05) is 18.1 Å². The minimum absolute atomic E-state index is 0.133. The van der Waals surface area contributed by atoms with Gasteiger partial charge in [-0.3, -0.25) is 11.3 Å². The van der Waals surface area contributed by atoms with Crippen molar-refractivity contribution >= 4 is 33.3 Å². The van der Waals surface area contributed by atoms with Crippen molar-refractivity contribution in [3.8, 4) is 0 Å². The van der Waals surface area contributed by atoms with Crippen molar-refractivity contribution in [2.24, 2.45) is 5.84 Å². The number of hydrazine groups is 1. The van der Waals surface area contributed by atoms with Crippen molar-refractivity contribution < 1.29 is 4.74 Å². The van der Waals surface area contributed by atoms with E-state index in [0.29, 0.717) is 0 Å². The van der Waals surface area contributed by atoms with Crippen LogP contribution >= 0.6 is 23.1 Å². The number of nitrogens with two attached hydrogens (primary N) is 1. The standard InChI is InChI=1S/C13H17N3OS2/c14-16-10(11-8-18-6-5-17-11)7-13-15-9-3-1-2-4-12(9)19-13/h1-4,10-11,16H,5-8,14H2. The second-order valence-electron chi connectivity index (χ2n) is 4.54. The molecule has 0 aliphatic carbocycles. The Morgan fingerprint density at radius 3 is 3.11 bits per heavy atom. The number of para-hydroxylation sites is 1. The molecule has 1 aliphatic rings. The quantitative estimate of drug-likeness (QED) is 0.665. The predicted molar refractivity (Wildman–Crippen MR) is 81.5 cm³/mol. The summed E-state index contributed by atoms with van der Waals surface area (Å²) in [4.78, 5) is 4.66. The molecule has 2 heterocycles. The monoisotopic (exact) mass is 295 g/mol. The van der Waals surface area contributed by atoms with Crippen LogP contribution in [0.4, 0.5) is 0 Å². The second kappa shape index (κ2) is 6.19. The summed E-state index contributed by atoms with van der Waals surface area (Å²) in [6.07, 6.45) is 0.997. The van der Waals surface area contributed by atoms with E-state index >= 15 is 0 Å². The summed E-state index contributed by atoms with van der Waals surface area (Å²) in [6, 6.07) is 8.35. The SMILES string of the molecule is NNC(Cc1nc2ccccc2s1)C1CSCCO1. The fourth-order valence-corrected chi connectivity index (χ4v) is 4.20. The summed E-state index contributed by atoms with van der Waals surface area (Å²) >= 11 is 3.66. The van der Waals surface area contributed by atoms with Gasteiger partial charge in [0.05, 0.1) is 34.0 Å². The van der Waals surface area contributed by atoms with Gasteiger partial charge in [-0.05, 0) is 12.1 Å². The van der Waals surface area contributed by atoms with Gasteiger partial charge < -0.3 is 4.74 Å². The van der Waals surface area contributed by atoms with Crippen LogP contribution in [0.5, 0.6) is 0 Å². The van der Waals surface area contributed by atoms with E-state index in [-0.39, 0.29) is 12.1 Å². The second-order valence-corrected chi connectivity index (χ2v) is 6.80. The van der Waals surface area contributed by atoms with Crippen LogP contribution in [0.1, 0.15) is 5.01 Å². The maximum absolute atomic E-state index is 5.79. The number of hydrogen-bond donors (Lipinski definition) is 2. The lowest BCUT2D eigenvalue weighted by atomic mass is 10.1. The fourth-order valence-electron chi connectivity index (χ4n) is 2.23. The molecule has 1 aromatic carbocycles. The number of rotatable bonds is 4. The smallest absolute Gasteiger partial charge is 0.0955 e. The number of thiazole rings is 1. The molecule has 2 aromatic rings. The summed E-state index contributed by atoms with van der Waals surface area (Å²) in [6.45, 7) is 0.813. The molecule has 102 valence electrons. The lowest BCUT2D eigenvalue weighted by molar-refractivity contribution is 0.0472. The van der Waals surface area contributed by atoms with E-state index < -0.39 is 0 Å². The summed E-state index contributed by atoms with van der Waals surface area (Å²) in [7, 11) is 0. The Balaban J connectivity index is 1.74. The number of thioether (sulfide) groups is 1. The first-order valence-corrected chi connectivity index (χ1v) is 8.34. The average Bonchev–Trinajstić information content (AvgIpc) is 2.88. The highest BCUT2D eigenvalue weighted by Crippen LogP contribution is 2.24. The van der Waals surface area contributed by atoms with Crippen LogP contribution in [0.3, 0.4) is 0 Å². The topological polar surface area (TPSA) is 60.2 Å². The first-order chi connectivity index (χ1) is 9.36. The van der Waals surface area contributed by atoms with E-state index in [1.54, 1.807) is 11.3 Å². The fraction of sp³-hybridized carbons (Fsp3) is 0.462. The highest BCUT2D eigenvalue weighted by Gasteiger charge is 2.25. The molecule has 1 aromatic heterocycles. The van der Waals surface area contributed by atoms with Crippen LogP contribution in [-0.4, -0.2) is 35.2 Å². The number of benzene rings is 1. The van der Waals surface area contributed by atoms with Crippen molar-refractivity contribution in [3.63, 3.8) is 0 Å². The molecule has 1 aliphatic heterocycles. The number of nitrogens with one attached hydrogen (secondary N) is 1. The van der Waals surface area contributed by atoms with Crippen LogP contribution in [0.25, 0.3) is 10.2 Å². The lowest BCUT2D eigenvalue weighted by Crippen LogP contribution is -2.49. The predicted octanol–water partition coefficient (Wildman–Crippen LogP) is 1.80. The third kappa shape index (κ3) is 3.09. The van der Waals surface area contributed by atoms with E-state index in [1.807, 2.05) is 30.0 Å². The Labute approximate surface area is 120 Å². The zero-order valence-electron chi connectivity index (χ0n) is 10.5. The summed E-state index contributed by atoms with van der Waals surface area (Å²) in [5.74, 6) is 7.76.